The molecule has 1 unspecified atom stereocenters. The molecular formula is C41H49N5O9. The van der Waals surface area contributed by atoms with Crippen molar-refractivity contribution in [3.05, 3.63) is 79.4 Å². The second kappa shape index (κ2) is 17.0. The molecule has 14 heteroatoms. The van der Waals surface area contributed by atoms with Crippen molar-refractivity contribution in [2.45, 2.75) is 76.8 Å². The van der Waals surface area contributed by atoms with Gasteiger partial charge in [-0.2, -0.15) is 0 Å². The number of aromatic nitrogens is 1. The molecule has 3 N–H and O–H groups in total. The fraction of sp³-hybridized carbons (Fsp3) is 0.415. The third kappa shape index (κ3) is 9.61. The third-order valence-corrected chi connectivity index (χ3v) is 9.26. The SMILES string of the molecule is C=C[C@@H]1C[C@]1(NC(=O)[C@@H]1CC(Oc2cc(-c3ccccc3)nc3cc(OC)ccc23)CN1C(=O)[C@H](CNC(=O)/C=C/C)NC(=O)OC(C)(C)C)C(=O)OCC. The molecule has 1 aromatic heterocycles. The number of alkyl carbamates (subject to hydrolysis) is 1. The number of amides is 4. The number of carbonyl (C=O) groups is 5. The highest BCUT2D eigenvalue weighted by Crippen LogP contribution is 2.46. The summed E-state index contributed by atoms with van der Waals surface area (Å²) in [5.74, 6) is -1.67. The van der Waals surface area contributed by atoms with Crippen LogP contribution in [0.25, 0.3) is 22.2 Å². The van der Waals surface area contributed by atoms with E-state index in [1.807, 2.05) is 42.5 Å². The van der Waals surface area contributed by atoms with Crippen LogP contribution in [0.4, 0.5) is 4.79 Å². The van der Waals surface area contributed by atoms with Gasteiger partial charge in [-0.3, -0.25) is 14.4 Å². The molecule has 2 fully saturated rings. The van der Waals surface area contributed by atoms with Crippen molar-refractivity contribution in [1.29, 1.82) is 0 Å². The maximum atomic E-state index is 14.5. The van der Waals surface area contributed by atoms with Crippen LogP contribution in [0.15, 0.2) is 79.4 Å². The van der Waals surface area contributed by atoms with Gasteiger partial charge in [-0.25, -0.2) is 14.6 Å². The number of likely N-dealkylation sites (tertiary alicyclic amines) is 1. The first-order chi connectivity index (χ1) is 26.2. The fourth-order valence-corrected chi connectivity index (χ4v) is 6.54. The average molecular weight is 756 g/mol. The van der Waals surface area contributed by atoms with Gasteiger partial charge >= 0.3 is 12.1 Å². The Morgan fingerprint density at radius 3 is 2.47 bits per heavy atom. The predicted molar refractivity (Wildman–Crippen MR) is 205 cm³/mol. The van der Waals surface area contributed by atoms with Crippen LogP contribution in [-0.4, -0.2) is 95.8 Å². The summed E-state index contributed by atoms with van der Waals surface area (Å²) >= 11 is 0. The zero-order valence-electron chi connectivity index (χ0n) is 32.0. The lowest BCUT2D eigenvalue weighted by Crippen LogP contribution is -2.58. The Balaban J connectivity index is 1.51. The number of methoxy groups -OCH3 is 1. The lowest BCUT2D eigenvalue weighted by atomic mass is 10.1. The van der Waals surface area contributed by atoms with E-state index in [0.717, 1.165) is 5.56 Å². The van der Waals surface area contributed by atoms with Crippen LogP contribution in [0.2, 0.25) is 0 Å². The molecule has 0 spiro atoms. The molecule has 2 heterocycles. The Hall–Kier alpha value is -5.92. The second-order valence-corrected chi connectivity index (χ2v) is 14.4. The van der Waals surface area contributed by atoms with E-state index in [-0.39, 0.29) is 38.5 Å². The highest BCUT2D eigenvalue weighted by molar-refractivity contribution is 5.97. The van der Waals surface area contributed by atoms with Crippen LogP contribution in [0.3, 0.4) is 0 Å². The van der Waals surface area contributed by atoms with E-state index in [4.69, 9.17) is 23.9 Å². The average Bonchev–Trinajstić information content (AvgIpc) is 3.71. The quantitative estimate of drug-likeness (QED) is 0.121. The van der Waals surface area contributed by atoms with Crippen molar-refractivity contribution in [2.24, 2.45) is 5.92 Å². The van der Waals surface area contributed by atoms with E-state index in [9.17, 15) is 24.0 Å². The number of benzene rings is 2. The third-order valence-electron chi connectivity index (χ3n) is 9.26. The zero-order chi connectivity index (χ0) is 39.9. The summed E-state index contributed by atoms with van der Waals surface area (Å²) in [5, 5.41) is 8.74. The van der Waals surface area contributed by atoms with Crippen molar-refractivity contribution >= 4 is 40.7 Å². The second-order valence-electron chi connectivity index (χ2n) is 14.4. The highest BCUT2D eigenvalue weighted by Gasteiger charge is 2.62. The molecule has 3 aromatic rings. The number of nitrogens with one attached hydrogen (secondary N) is 3. The van der Waals surface area contributed by atoms with Crippen molar-refractivity contribution in [2.75, 3.05) is 26.8 Å². The van der Waals surface area contributed by atoms with Crippen LogP contribution < -0.4 is 25.4 Å². The van der Waals surface area contributed by atoms with Crippen molar-refractivity contribution in [3.63, 3.8) is 0 Å². The van der Waals surface area contributed by atoms with Gasteiger partial charge in [0.05, 0.1) is 31.5 Å². The minimum Gasteiger partial charge on any atom is -0.497 e. The van der Waals surface area contributed by atoms with Crippen LogP contribution in [-0.2, 0) is 28.7 Å². The maximum Gasteiger partial charge on any atom is 0.408 e. The van der Waals surface area contributed by atoms with Gasteiger partial charge in [0.25, 0.3) is 0 Å². The molecule has 0 radical (unpaired) electrons. The van der Waals surface area contributed by atoms with Crippen LogP contribution in [0.1, 0.15) is 47.5 Å². The highest BCUT2D eigenvalue weighted by atomic mass is 16.6. The van der Waals surface area contributed by atoms with E-state index in [1.54, 1.807) is 59.9 Å². The molecule has 55 heavy (non-hydrogen) atoms. The summed E-state index contributed by atoms with van der Waals surface area (Å²) < 4.78 is 22.9. The monoisotopic (exact) mass is 755 g/mol. The largest absolute Gasteiger partial charge is 0.497 e. The summed E-state index contributed by atoms with van der Waals surface area (Å²) in [4.78, 5) is 73.5. The van der Waals surface area contributed by atoms with Crippen molar-refractivity contribution in [3.8, 4) is 22.8 Å². The summed E-state index contributed by atoms with van der Waals surface area (Å²) in [7, 11) is 1.57. The summed E-state index contributed by atoms with van der Waals surface area (Å²) in [6.45, 7) is 11.9. The zero-order valence-corrected chi connectivity index (χ0v) is 32.0. The number of pyridine rings is 1. The lowest BCUT2D eigenvalue weighted by Gasteiger charge is -2.30. The number of allylic oxidation sites excluding steroid dienone is 1. The van der Waals surface area contributed by atoms with E-state index in [1.165, 1.54) is 17.1 Å². The van der Waals surface area contributed by atoms with E-state index in [0.29, 0.717) is 28.1 Å². The Morgan fingerprint density at radius 2 is 1.84 bits per heavy atom. The van der Waals surface area contributed by atoms with Gasteiger partial charge in [0, 0.05) is 42.0 Å². The summed E-state index contributed by atoms with van der Waals surface area (Å²) in [5.41, 5.74) is -0.128. The Morgan fingerprint density at radius 1 is 1.09 bits per heavy atom. The molecule has 2 aliphatic rings. The topological polar surface area (TPSA) is 174 Å². The molecule has 292 valence electrons. The smallest absolute Gasteiger partial charge is 0.408 e. The van der Waals surface area contributed by atoms with Crippen LogP contribution in [0, 0.1) is 5.92 Å². The van der Waals surface area contributed by atoms with Crippen LogP contribution in [0.5, 0.6) is 11.5 Å². The minimum atomic E-state index is -1.34. The molecule has 1 saturated heterocycles. The first-order valence-corrected chi connectivity index (χ1v) is 18.2. The van der Waals surface area contributed by atoms with Gasteiger partial charge in [-0.1, -0.05) is 42.5 Å². The Kier molecular flexibility index (Phi) is 12.5. The first-order valence-electron chi connectivity index (χ1n) is 18.2. The molecule has 1 aliphatic heterocycles. The van der Waals surface area contributed by atoms with Crippen LogP contribution >= 0.6 is 0 Å². The lowest BCUT2D eigenvalue weighted by molar-refractivity contribution is -0.150. The summed E-state index contributed by atoms with van der Waals surface area (Å²) in [6.07, 6.45) is 3.09. The molecule has 5 atom stereocenters. The molecule has 5 rings (SSSR count). The standard InChI is InChI=1S/C41H49N5O9/c1-8-14-35(47)42-23-32(44-39(51)55-40(4,5)6)37(49)46-24-28(20-33(46)36(48)45-41(22-26(41)9-2)38(50)53-10-3)54-34-21-30(25-15-12-11-13-16-25)43-31-19-27(52-7)17-18-29(31)34/h8-9,11-19,21,26,28,32-33H,2,10,20,22-24H2,1,3-7H3,(H,42,47)(H,44,51)(H,45,48)/b14-8+/t26-,28?,32+,33+,41-/m1/s1. The summed E-state index contributed by atoms with van der Waals surface area (Å²) in [6, 6.07) is 14.3. The number of hydrogen-bond donors (Lipinski definition) is 3. The van der Waals surface area contributed by atoms with E-state index in [2.05, 4.69) is 22.5 Å². The van der Waals surface area contributed by atoms with Gasteiger partial charge in [0.15, 0.2) is 0 Å². The number of rotatable bonds is 14. The molecule has 1 saturated carbocycles. The van der Waals surface area contributed by atoms with Gasteiger partial charge in [-0.05, 0) is 59.2 Å². The number of nitrogens with zero attached hydrogens (tertiary/aromatic N) is 2. The molecular weight excluding hydrogens is 706 g/mol. The van der Waals surface area contributed by atoms with E-state index >= 15 is 0 Å². The Bertz CT molecular complexity index is 1960. The Labute approximate surface area is 320 Å². The fourth-order valence-electron chi connectivity index (χ4n) is 6.54. The van der Waals surface area contributed by atoms with E-state index < -0.39 is 59.1 Å². The van der Waals surface area contributed by atoms with Crippen molar-refractivity contribution in [1.82, 2.24) is 25.8 Å². The molecule has 14 nitrogen and oxygen atoms in total. The first kappa shape index (κ1) is 40.3. The number of esters is 1. The number of hydrogen-bond acceptors (Lipinski definition) is 10. The van der Waals surface area contributed by atoms with Gasteiger partial charge in [0.1, 0.15) is 40.8 Å². The van der Waals surface area contributed by atoms with Gasteiger partial charge in [-0.15, -0.1) is 6.58 Å². The molecule has 1 aliphatic carbocycles. The minimum absolute atomic E-state index is 0.0277. The number of fused-ring (bicyclic) bond motifs is 1. The number of ether oxygens (including phenoxy) is 4. The van der Waals surface area contributed by atoms with Crippen molar-refractivity contribution < 1.29 is 42.9 Å². The molecule has 4 amide bonds. The normalized spacial score (nSPS) is 21.0. The van der Waals surface area contributed by atoms with Gasteiger partial charge < -0.3 is 39.8 Å². The molecule has 0 bridgehead atoms. The molecule has 2 aromatic carbocycles. The van der Waals surface area contributed by atoms with Gasteiger partial charge in [0.2, 0.25) is 17.7 Å². The number of carbonyl (C=O) groups excluding carboxylic acids is 5. The predicted octanol–water partition coefficient (Wildman–Crippen LogP) is 4.47. The maximum absolute atomic E-state index is 14.5.